The third kappa shape index (κ3) is 3.22. The summed E-state index contributed by atoms with van der Waals surface area (Å²) < 4.78 is 15.8. The smallest absolute Gasteiger partial charge is 0.306 e. The Morgan fingerprint density at radius 3 is 2.70 bits per heavy atom. The fraction of sp³-hybridized carbons (Fsp3) is 0.533. The van der Waals surface area contributed by atoms with Gasteiger partial charge in [-0.15, -0.1) is 0 Å². The summed E-state index contributed by atoms with van der Waals surface area (Å²) in [5.41, 5.74) is 7.13. The predicted molar refractivity (Wildman–Crippen MR) is 75.1 cm³/mol. The van der Waals surface area contributed by atoms with Crippen molar-refractivity contribution in [3.8, 4) is 11.5 Å². The molecule has 2 unspecified atom stereocenters. The summed E-state index contributed by atoms with van der Waals surface area (Å²) in [6.07, 6.45) is 1.06. The number of carbonyl (C=O) groups excluding carboxylic acids is 1. The third-order valence-corrected chi connectivity index (χ3v) is 3.60. The van der Waals surface area contributed by atoms with Crippen molar-refractivity contribution in [1.29, 1.82) is 0 Å². The minimum absolute atomic E-state index is 0.0803. The van der Waals surface area contributed by atoms with E-state index in [2.05, 4.69) is 0 Å². The summed E-state index contributed by atoms with van der Waals surface area (Å²) >= 11 is 0. The van der Waals surface area contributed by atoms with Crippen molar-refractivity contribution in [3.63, 3.8) is 0 Å². The fourth-order valence-electron chi connectivity index (χ4n) is 2.35. The first-order valence-corrected chi connectivity index (χ1v) is 6.87. The van der Waals surface area contributed by atoms with Gasteiger partial charge in [-0.1, -0.05) is 13.0 Å². The first-order chi connectivity index (χ1) is 9.65. The van der Waals surface area contributed by atoms with E-state index in [0.717, 1.165) is 17.7 Å². The zero-order valence-electron chi connectivity index (χ0n) is 11.9. The minimum Gasteiger partial charge on any atom is -0.486 e. The van der Waals surface area contributed by atoms with Gasteiger partial charge in [-0.2, -0.15) is 0 Å². The van der Waals surface area contributed by atoms with Gasteiger partial charge < -0.3 is 19.9 Å². The lowest BCUT2D eigenvalue weighted by molar-refractivity contribution is -0.141. The van der Waals surface area contributed by atoms with Crippen molar-refractivity contribution in [2.45, 2.75) is 31.7 Å². The fourth-order valence-corrected chi connectivity index (χ4v) is 2.35. The first kappa shape index (κ1) is 14.7. The molecule has 2 atom stereocenters. The Hall–Kier alpha value is -1.75. The van der Waals surface area contributed by atoms with E-state index in [-0.39, 0.29) is 24.3 Å². The lowest BCUT2D eigenvalue weighted by Crippen LogP contribution is -2.30. The standard InChI is InChI=1S/C15H21NO4/c1-3-12(16)11(9-15(17)18-2)10-4-5-13-14(8-10)20-7-6-19-13/h4-5,8,11-12H,3,6-7,9,16H2,1-2H3. The normalized spacial score (nSPS) is 16.4. The van der Waals surface area contributed by atoms with Crippen LogP contribution in [0, 0.1) is 0 Å². The van der Waals surface area contributed by atoms with Crippen LogP contribution in [0.15, 0.2) is 18.2 Å². The quantitative estimate of drug-likeness (QED) is 0.833. The topological polar surface area (TPSA) is 70.8 Å². The van der Waals surface area contributed by atoms with Crippen LogP contribution >= 0.6 is 0 Å². The number of methoxy groups -OCH3 is 1. The summed E-state index contributed by atoms with van der Waals surface area (Å²) in [4.78, 5) is 11.6. The number of carbonyl (C=O) groups is 1. The number of nitrogens with two attached hydrogens (primary N) is 1. The lowest BCUT2D eigenvalue weighted by Gasteiger charge is -2.25. The SMILES string of the molecule is CCC(N)C(CC(=O)OC)c1ccc2c(c1)OCCO2. The van der Waals surface area contributed by atoms with Crippen LogP contribution in [0.2, 0.25) is 0 Å². The molecular weight excluding hydrogens is 258 g/mol. The number of hydrogen-bond acceptors (Lipinski definition) is 5. The van der Waals surface area contributed by atoms with E-state index in [1.807, 2.05) is 25.1 Å². The summed E-state index contributed by atoms with van der Waals surface area (Å²) in [5, 5.41) is 0. The number of rotatable bonds is 5. The van der Waals surface area contributed by atoms with E-state index in [4.69, 9.17) is 19.9 Å². The molecule has 2 rings (SSSR count). The van der Waals surface area contributed by atoms with Crippen molar-refractivity contribution in [3.05, 3.63) is 23.8 Å². The number of hydrogen-bond donors (Lipinski definition) is 1. The Kier molecular flexibility index (Phi) is 4.84. The van der Waals surface area contributed by atoms with Crippen molar-refractivity contribution in [1.82, 2.24) is 0 Å². The molecule has 20 heavy (non-hydrogen) atoms. The number of fused-ring (bicyclic) bond motifs is 1. The van der Waals surface area contributed by atoms with Gasteiger partial charge in [0.2, 0.25) is 0 Å². The first-order valence-electron chi connectivity index (χ1n) is 6.87. The molecule has 0 saturated carbocycles. The Labute approximate surface area is 119 Å². The molecule has 0 spiro atoms. The zero-order chi connectivity index (χ0) is 14.5. The highest BCUT2D eigenvalue weighted by Crippen LogP contribution is 2.35. The van der Waals surface area contributed by atoms with Crippen LogP contribution in [0.3, 0.4) is 0 Å². The third-order valence-electron chi connectivity index (χ3n) is 3.60. The minimum atomic E-state index is -0.256. The molecule has 1 aliphatic heterocycles. The van der Waals surface area contributed by atoms with Gasteiger partial charge in [0.1, 0.15) is 13.2 Å². The summed E-state index contributed by atoms with van der Waals surface area (Å²) in [5.74, 6) is 1.12. The molecular formula is C15H21NO4. The van der Waals surface area contributed by atoms with E-state index in [1.165, 1.54) is 7.11 Å². The van der Waals surface area contributed by atoms with Gasteiger partial charge in [-0.3, -0.25) is 4.79 Å². The van der Waals surface area contributed by atoms with Gasteiger partial charge in [0.05, 0.1) is 13.5 Å². The second kappa shape index (κ2) is 6.61. The Bertz CT molecular complexity index is 475. The molecule has 0 aromatic heterocycles. The van der Waals surface area contributed by atoms with Gasteiger partial charge in [0.15, 0.2) is 11.5 Å². The number of benzene rings is 1. The van der Waals surface area contributed by atoms with E-state index < -0.39 is 0 Å². The van der Waals surface area contributed by atoms with Crippen molar-refractivity contribution < 1.29 is 19.0 Å². The molecule has 0 amide bonds. The Morgan fingerprint density at radius 2 is 2.05 bits per heavy atom. The maximum absolute atomic E-state index is 11.6. The molecule has 5 nitrogen and oxygen atoms in total. The van der Waals surface area contributed by atoms with E-state index >= 15 is 0 Å². The Morgan fingerprint density at radius 1 is 1.35 bits per heavy atom. The molecule has 0 radical (unpaired) electrons. The summed E-state index contributed by atoms with van der Waals surface area (Å²) in [7, 11) is 1.39. The second-order valence-electron chi connectivity index (χ2n) is 4.86. The van der Waals surface area contributed by atoms with Crippen LogP contribution in [0.1, 0.15) is 31.2 Å². The molecule has 1 aromatic rings. The van der Waals surface area contributed by atoms with E-state index in [0.29, 0.717) is 19.0 Å². The highest BCUT2D eigenvalue weighted by atomic mass is 16.6. The molecule has 2 N–H and O–H groups in total. The average molecular weight is 279 g/mol. The Balaban J connectivity index is 2.25. The van der Waals surface area contributed by atoms with Crippen molar-refractivity contribution >= 4 is 5.97 Å². The van der Waals surface area contributed by atoms with Gasteiger partial charge in [-0.05, 0) is 24.1 Å². The van der Waals surface area contributed by atoms with Crippen LogP contribution in [0.4, 0.5) is 0 Å². The summed E-state index contributed by atoms with van der Waals surface area (Å²) in [6.45, 7) is 3.11. The van der Waals surface area contributed by atoms with Crippen LogP contribution < -0.4 is 15.2 Å². The molecule has 0 saturated heterocycles. The van der Waals surface area contributed by atoms with Crippen molar-refractivity contribution in [2.75, 3.05) is 20.3 Å². The average Bonchev–Trinajstić information content (AvgIpc) is 2.51. The maximum atomic E-state index is 11.6. The zero-order valence-corrected chi connectivity index (χ0v) is 11.9. The van der Waals surface area contributed by atoms with Gasteiger partial charge in [-0.25, -0.2) is 0 Å². The number of ether oxygens (including phenoxy) is 3. The van der Waals surface area contributed by atoms with Gasteiger partial charge in [0.25, 0.3) is 0 Å². The molecule has 0 fully saturated rings. The molecule has 1 aromatic carbocycles. The maximum Gasteiger partial charge on any atom is 0.306 e. The molecule has 110 valence electrons. The van der Waals surface area contributed by atoms with Crippen molar-refractivity contribution in [2.24, 2.45) is 5.73 Å². The highest BCUT2D eigenvalue weighted by molar-refractivity contribution is 5.70. The highest BCUT2D eigenvalue weighted by Gasteiger charge is 2.24. The largest absolute Gasteiger partial charge is 0.486 e. The van der Waals surface area contributed by atoms with Gasteiger partial charge >= 0.3 is 5.97 Å². The summed E-state index contributed by atoms with van der Waals surface area (Å²) in [6, 6.07) is 5.63. The molecule has 5 heteroatoms. The molecule has 0 aliphatic carbocycles. The molecule has 0 bridgehead atoms. The molecule has 1 heterocycles. The predicted octanol–water partition coefficient (Wildman–Crippen LogP) is 1.84. The van der Waals surface area contributed by atoms with E-state index in [1.54, 1.807) is 0 Å². The van der Waals surface area contributed by atoms with Crippen LogP contribution in [-0.4, -0.2) is 32.3 Å². The van der Waals surface area contributed by atoms with Crippen LogP contribution in [-0.2, 0) is 9.53 Å². The van der Waals surface area contributed by atoms with Crippen LogP contribution in [0.5, 0.6) is 11.5 Å². The second-order valence-corrected chi connectivity index (χ2v) is 4.86. The number of esters is 1. The van der Waals surface area contributed by atoms with Crippen LogP contribution in [0.25, 0.3) is 0 Å². The van der Waals surface area contributed by atoms with Gasteiger partial charge in [0, 0.05) is 12.0 Å². The monoisotopic (exact) mass is 279 g/mol. The van der Waals surface area contributed by atoms with E-state index in [9.17, 15) is 4.79 Å². The molecule has 1 aliphatic rings. The lowest BCUT2D eigenvalue weighted by atomic mass is 9.87.